The van der Waals surface area contributed by atoms with Crippen LogP contribution in [0.4, 0.5) is 20.2 Å². The van der Waals surface area contributed by atoms with Gasteiger partial charge in [0.2, 0.25) is 5.82 Å². The molecule has 0 aromatic heterocycles. The van der Waals surface area contributed by atoms with Crippen molar-refractivity contribution in [2.45, 2.75) is 6.10 Å². The number of hydrogen-bond donors (Lipinski definition) is 1. The smallest absolute Gasteiger partial charge is 0.327 e. The van der Waals surface area contributed by atoms with Gasteiger partial charge < -0.3 is 14.8 Å². The summed E-state index contributed by atoms with van der Waals surface area (Å²) in [7, 11) is 0. The van der Waals surface area contributed by atoms with Gasteiger partial charge in [0.25, 0.3) is 0 Å². The van der Waals surface area contributed by atoms with E-state index in [1.807, 2.05) is 0 Å². The Kier molecular flexibility index (Phi) is 4.23. The van der Waals surface area contributed by atoms with E-state index >= 15 is 0 Å². The van der Waals surface area contributed by atoms with Gasteiger partial charge in [0.05, 0.1) is 30.8 Å². The van der Waals surface area contributed by atoms with Crippen LogP contribution >= 0.6 is 0 Å². The van der Waals surface area contributed by atoms with Crippen molar-refractivity contribution in [1.82, 2.24) is 0 Å². The zero-order valence-electron chi connectivity index (χ0n) is 9.90. The lowest BCUT2D eigenvalue weighted by atomic mass is 10.2. The molecule has 1 aliphatic heterocycles. The average Bonchev–Trinajstić information content (AvgIpc) is 2.36. The molecule has 1 aromatic rings. The van der Waals surface area contributed by atoms with E-state index in [-0.39, 0.29) is 18.3 Å². The van der Waals surface area contributed by atoms with Gasteiger partial charge in [-0.1, -0.05) is 0 Å². The van der Waals surface area contributed by atoms with Crippen molar-refractivity contribution in [1.29, 1.82) is 0 Å². The Morgan fingerprint density at radius 2 is 2.21 bits per heavy atom. The fraction of sp³-hybridized carbons (Fsp3) is 0.455. The normalized spacial score (nSPS) is 19.2. The molecule has 8 heteroatoms. The third-order valence-corrected chi connectivity index (χ3v) is 2.62. The summed E-state index contributed by atoms with van der Waals surface area (Å²) in [5.74, 6) is -2.10. The summed E-state index contributed by atoms with van der Waals surface area (Å²) in [5.41, 5.74) is -0.991. The Hall–Kier alpha value is -1.80. The van der Waals surface area contributed by atoms with Crippen LogP contribution in [0.25, 0.3) is 0 Å². The van der Waals surface area contributed by atoms with Crippen LogP contribution in [0.1, 0.15) is 0 Å². The van der Waals surface area contributed by atoms with Crippen LogP contribution in [0.15, 0.2) is 12.1 Å². The number of nitro benzene ring substituents is 1. The molecule has 1 N–H and O–H groups in total. The standard InChI is InChI=1S/C11H12F2N2O4/c12-7-3-9(13)11(15(16)17)10(4-7)14-5-8-6-18-1-2-19-8/h3-4,8,14H,1-2,5-6H2. The first-order valence-corrected chi connectivity index (χ1v) is 5.64. The summed E-state index contributed by atoms with van der Waals surface area (Å²) < 4.78 is 36.9. The Balaban J connectivity index is 2.12. The fourth-order valence-electron chi connectivity index (χ4n) is 1.76. The number of anilines is 1. The molecule has 1 fully saturated rings. The molecule has 0 saturated carbocycles. The lowest BCUT2D eigenvalue weighted by molar-refractivity contribution is -0.386. The number of nitrogens with one attached hydrogen (secondary N) is 1. The zero-order valence-corrected chi connectivity index (χ0v) is 9.90. The molecule has 0 aliphatic carbocycles. The molecule has 1 aromatic carbocycles. The lowest BCUT2D eigenvalue weighted by Crippen LogP contribution is -2.34. The zero-order chi connectivity index (χ0) is 13.8. The molecule has 1 heterocycles. The molecule has 104 valence electrons. The van der Waals surface area contributed by atoms with Crippen molar-refractivity contribution in [3.8, 4) is 0 Å². The molecule has 0 amide bonds. The number of ether oxygens (including phenoxy) is 2. The summed E-state index contributed by atoms with van der Waals surface area (Å²) in [6, 6.07) is 1.36. The molecule has 1 aliphatic rings. The van der Waals surface area contributed by atoms with Gasteiger partial charge in [0.1, 0.15) is 11.5 Å². The summed E-state index contributed by atoms with van der Waals surface area (Å²) in [5, 5.41) is 13.4. The topological polar surface area (TPSA) is 73.6 Å². The highest BCUT2D eigenvalue weighted by atomic mass is 19.1. The van der Waals surface area contributed by atoms with E-state index in [0.29, 0.717) is 25.9 Å². The maximum Gasteiger partial charge on any atom is 0.327 e. The largest absolute Gasteiger partial charge is 0.377 e. The minimum absolute atomic E-state index is 0.170. The van der Waals surface area contributed by atoms with Gasteiger partial charge >= 0.3 is 5.69 Å². The van der Waals surface area contributed by atoms with Gasteiger partial charge in [0.15, 0.2) is 0 Å². The fourth-order valence-corrected chi connectivity index (χ4v) is 1.76. The number of halogens is 2. The van der Waals surface area contributed by atoms with Gasteiger partial charge in [-0.15, -0.1) is 0 Å². The van der Waals surface area contributed by atoms with E-state index in [0.717, 1.165) is 6.07 Å². The molecule has 6 nitrogen and oxygen atoms in total. The summed E-state index contributed by atoms with van der Waals surface area (Å²) in [4.78, 5) is 9.86. The predicted octanol–water partition coefficient (Wildman–Crippen LogP) is 1.70. The van der Waals surface area contributed by atoms with E-state index in [2.05, 4.69) is 5.32 Å². The number of nitrogens with zero attached hydrogens (tertiary/aromatic N) is 1. The highest BCUT2D eigenvalue weighted by Crippen LogP contribution is 2.28. The molecule has 19 heavy (non-hydrogen) atoms. The molecule has 0 spiro atoms. The first kappa shape index (κ1) is 13.6. The Morgan fingerprint density at radius 1 is 1.42 bits per heavy atom. The maximum atomic E-state index is 13.3. The minimum Gasteiger partial charge on any atom is -0.377 e. The molecule has 0 radical (unpaired) electrons. The third kappa shape index (κ3) is 3.36. The summed E-state index contributed by atoms with van der Waals surface area (Å²) in [6.45, 7) is 1.42. The number of hydrogen-bond acceptors (Lipinski definition) is 5. The SMILES string of the molecule is O=[N+]([O-])c1c(F)cc(F)cc1NCC1COCCO1. The minimum atomic E-state index is -1.21. The predicted molar refractivity (Wildman–Crippen MR) is 62.1 cm³/mol. The highest BCUT2D eigenvalue weighted by molar-refractivity contribution is 5.62. The second kappa shape index (κ2) is 5.89. The van der Waals surface area contributed by atoms with E-state index < -0.39 is 22.2 Å². The molecule has 2 rings (SSSR count). The van der Waals surface area contributed by atoms with Crippen molar-refractivity contribution in [2.24, 2.45) is 0 Å². The Morgan fingerprint density at radius 3 is 2.84 bits per heavy atom. The first-order chi connectivity index (χ1) is 9.08. The quantitative estimate of drug-likeness (QED) is 0.668. The van der Waals surface area contributed by atoms with Crippen molar-refractivity contribution in [3.05, 3.63) is 33.9 Å². The van der Waals surface area contributed by atoms with Crippen LogP contribution in [-0.4, -0.2) is 37.4 Å². The van der Waals surface area contributed by atoms with Crippen LogP contribution in [0.2, 0.25) is 0 Å². The van der Waals surface area contributed by atoms with Gasteiger partial charge in [0, 0.05) is 18.7 Å². The van der Waals surface area contributed by atoms with E-state index in [1.165, 1.54) is 0 Å². The molecule has 0 bridgehead atoms. The molecular formula is C11H12F2N2O4. The first-order valence-electron chi connectivity index (χ1n) is 5.64. The molecule has 1 atom stereocenters. The van der Waals surface area contributed by atoms with Crippen LogP contribution in [0, 0.1) is 21.7 Å². The second-order valence-electron chi connectivity index (χ2n) is 3.99. The number of rotatable bonds is 4. The number of nitro groups is 1. The monoisotopic (exact) mass is 274 g/mol. The molecule has 1 saturated heterocycles. The van der Waals surface area contributed by atoms with E-state index in [9.17, 15) is 18.9 Å². The third-order valence-electron chi connectivity index (χ3n) is 2.62. The average molecular weight is 274 g/mol. The van der Waals surface area contributed by atoms with Crippen molar-refractivity contribution in [3.63, 3.8) is 0 Å². The summed E-state index contributed by atoms with van der Waals surface area (Å²) >= 11 is 0. The molecule has 1 unspecified atom stereocenters. The van der Waals surface area contributed by atoms with Crippen molar-refractivity contribution >= 4 is 11.4 Å². The van der Waals surface area contributed by atoms with Gasteiger partial charge in [-0.2, -0.15) is 4.39 Å². The Bertz CT molecular complexity index is 478. The van der Waals surface area contributed by atoms with E-state index in [1.54, 1.807) is 0 Å². The maximum absolute atomic E-state index is 13.3. The van der Waals surface area contributed by atoms with Gasteiger partial charge in [-0.05, 0) is 0 Å². The van der Waals surface area contributed by atoms with E-state index in [4.69, 9.17) is 9.47 Å². The Labute approximate surface area is 107 Å². The number of benzene rings is 1. The highest BCUT2D eigenvalue weighted by Gasteiger charge is 2.23. The van der Waals surface area contributed by atoms with Crippen molar-refractivity contribution in [2.75, 3.05) is 31.7 Å². The molecular weight excluding hydrogens is 262 g/mol. The van der Waals surface area contributed by atoms with Crippen LogP contribution < -0.4 is 5.32 Å². The van der Waals surface area contributed by atoms with Crippen LogP contribution in [0.5, 0.6) is 0 Å². The second-order valence-corrected chi connectivity index (χ2v) is 3.99. The van der Waals surface area contributed by atoms with Crippen LogP contribution in [0.3, 0.4) is 0 Å². The summed E-state index contributed by atoms with van der Waals surface area (Å²) in [6.07, 6.45) is -0.306. The lowest BCUT2D eigenvalue weighted by Gasteiger charge is -2.23. The van der Waals surface area contributed by atoms with Crippen molar-refractivity contribution < 1.29 is 23.2 Å². The van der Waals surface area contributed by atoms with Gasteiger partial charge in [-0.3, -0.25) is 10.1 Å². The van der Waals surface area contributed by atoms with Crippen LogP contribution in [-0.2, 0) is 9.47 Å². The van der Waals surface area contributed by atoms with Gasteiger partial charge in [-0.25, -0.2) is 4.39 Å².